The van der Waals surface area contributed by atoms with Crippen LogP contribution in [0.1, 0.15) is 37.9 Å². The number of nitrogens with one attached hydrogen (secondary N) is 2. The van der Waals surface area contributed by atoms with E-state index < -0.39 is 6.10 Å². The van der Waals surface area contributed by atoms with E-state index in [1.165, 1.54) is 19.3 Å². The topological polar surface area (TPSA) is 61.4 Å². The van der Waals surface area contributed by atoms with Crippen LogP contribution in [0.15, 0.2) is 24.3 Å². The summed E-state index contributed by atoms with van der Waals surface area (Å²) in [5, 5.41) is 15.3. The highest BCUT2D eigenvalue weighted by molar-refractivity contribution is 8.00. The first-order valence-corrected chi connectivity index (χ1v) is 8.15. The molecule has 1 saturated carbocycles. The standard InChI is InChI=1S/C15H22N2O2S/c1-11(18)12-5-3-6-13(9-12)17-14(19)16-10-15(20-2)7-4-8-15/h3,5-6,9,11,18H,4,7-8,10H2,1-2H3,(H2,16,17,19). The van der Waals surface area contributed by atoms with E-state index in [9.17, 15) is 9.90 Å². The molecule has 1 aromatic rings. The number of hydrogen-bond acceptors (Lipinski definition) is 3. The first kappa shape index (κ1) is 15.2. The number of carbonyl (C=O) groups is 1. The lowest BCUT2D eigenvalue weighted by Crippen LogP contribution is -2.46. The lowest BCUT2D eigenvalue weighted by molar-refractivity contribution is 0.199. The van der Waals surface area contributed by atoms with E-state index >= 15 is 0 Å². The summed E-state index contributed by atoms with van der Waals surface area (Å²) in [7, 11) is 0. The van der Waals surface area contributed by atoms with Gasteiger partial charge in [-0.05, 0) is 43.7 Å². The van der Waals surface area contributed by atoms with Crippen LogP contribution in [0.2, 0.25) is 0 Å². The monoisotopic (exact) mass is 294 g/mol. The van der Waals surface area contributed by atoms with E-state index in [0.29, 0.717) is 12.2 Å². The average molecular weight is 294 g/mol. The molecule has 1 aliphatic carbocycles. The van der Waals surface area contributed by atoms with E-state index in [2.05, 4.69) is 16.9 Å². The molecule has 3 N–H and O–H groups in total. The number of aliphatic hydroxyl groups is 1. The number of carbonyl (C=O) groups excluding carboxylic acids is 1. The molecule has 4 nitrogen and oxygen atoms in total. The largest absolute Gasteiger partial charge is 0.389 e. The van der Waals surface area contributed by atoms with Gasteiger partial charge >= 0.3 is 6.03 Å². The minimum Gasteiger partial charge on any atom is -0.389 e. The van der Waals surface area contributed by atoms with Crippen LogP contribution in [0.4, 0.5) is 10.5 Å². The average Bonchev–Trinajstić information content (AvgIpc) is 2.38. The highest BCUT2D eigenvalue weighted by Crippen LogP contribution is 2.42. The number of hydrogen-bond donors (Lipinski definition) is 3. The van der Waals surface area contributed by atoms with Crippen molar-refractivity contribution in [2.75, 3.05) is 18.1 Å². The Labute approximate surface area is 124 Å². The van der Waals surface area contributed by atoms with Crippen LogP contribution in [0.5, 0.6) is 0 Å². The molecule has 1 fully saturated rings. The van der Waals surface area contributed by atoms with E-state index in [1.54, 1.807) is 13.0 Å². The van der Waals surface area contributed by atoms with Crippen molar-refractivity contribution in [1.29, 1.82) is 0 Å². The maximum absolute atomic E-state index is 11.9. The second-order valence-electron chi connectivity index (χ2n) is 5.35. The second-order valence-corrected chi connectivity index (χ2v) is 6.62. The van der Waals surface area contributed by atoms with Crippen LogP contribution in [0.3, 0.4) is 0 Å². The van der Waals surface area contributed by atoms with Gasteiger partial charge in [0.15, 0.2) is 0 Å². The highest BCUT2D eigenvalue weighted by Gasteiger charge is 2.36. The SMILES string of the molecule is CSC1(CNC(=O)Nc2cccc(C(C)O)c2)CCC1. The minimum absolute atomic E-state index is 0.187. The Morgan fingerprint density at radius 1 is 1.50 bits per heavy atom. The molecule has 5 heteroatoms. The summed E-state index contributed by atoms with van der Waals surface area (Å²) in [4.78, 5) is 11.9. The van der Waals surface area contributed by atoms with Crippen LogP contribution >= 0.6 is 11.8 Å². The van der Waals surface area contributed by atoms with Crippen molar-refractivity contribution in [2.45, 2.75) is 37.0 Å². The van der Waals surface area contributed by atoms with Crippen molar-refractivity contribution < 1.29 is 9.90 Å². The molecule has 0 heterocycles. The first-order valence-electron chi connectivity index (χ1n) is 6.93. The Morgan fingerprint density at radius 2 is 2.25 bits per heavy atom. The first-order chi connectivity index (χ1) is 9.54. The van der Waals surface area contributed by atoms with Crippen molar-refractivity contribution >= 4 is 23.5 Å². The summed E-state index contributed by atoms with van der Waals surface area (Å²) in [5.41, 5.74) is 1.50. The fourth-order valence-electron chi connectivity index (χ4n) is 2.32. The molecule has 0 aromatic heterocycles. The molecule has 1 aliphatic rings. The predicted octanol–water partition coefficient (Wildman–Crippen LogP) is 3.15. The molecule has 2 amide bonds. The molecule has 0 saturated heterocycles. The Bertz CT molecular complexity index is 467. The fraction of sp³-hybridized carbons (Fsp3) is 0.533. The zero-order valence-corrected chi connectivity index (χ0v) is 12.8. The number of aliphatic hydroxyl groups excluding tert-OH is 1. The van der Waals surface area contributed by atoms with Gasteiger partial charge in [-0.2, -0.15) is 11.8 Å². The zero-order chi connectivity index (χ0) is 14.6. The number of benzene rings is 1. The Balaban J connectivity index is 1.86. The number of amides is 2. The van der Waals surface area contributed by atoms with Gasteiger partial charge in [0.1, 0.15) is 0 Å². The van der Waals surface area contributed by atoms with E-state index in [1.807, 2.05) is 30.0 Å². The van der Waals surface area contributed by atoms with Crippen molar-refractivity contribution in [1.82, 2.24) is 5.32 Å². The van der Waals surface area contributed by atoms with Gasteiger partial charge in [0.2, 0.25) is 0 Å². The van der Waals surface area contributed by atoms with Crippen LogP contribution in [0.25, 0.3) is 0 Å². The molecule has 1 aromatic carbocycles. The molecular weight excluding hydrogens is 272 g/mol. The smallest absolute Gasteiger partial charge is 0.319 e. The van der Waals surface area contributed by atoms with Crippen LogP contribution in [-0.2, 0) is 0 Å². The van der Waals surface area contributed by atoms with Crippen molar-refractivity contribution in [3.8, 4) is 0 Å². The number of anilines is 1. The molecule has 0 bridgehead atoms. The summed E-state index contributed by atoms with van der Waals surface area (Å²) in [5.74, 6) is 0. The lowest BCUT2D eigenvalue weighted by atomic mass is 9.84. The van der Waals surface area contributed by atoms with E-state index in [-0.39, 0.29) is 10.8 Å². The van der Waals surface area contributed by atoms with Gasteiger partial charge in [-0.15, -0.1) is 0 Å². The lowest BCUT2D eigenvalue weighted by Gasteiger charge is -2.40. The molecule has 1 unspecified atom stereocenters. The van der Waals surface area contributed by atoms with Crippen LogP contribution < -0.4 is 10.6 Å². The summed E-state index contributed by atoms with van der Waals surface area (Å²) < 4.78 is 0.235. The maximum Gasteiger partial charge on any atom is 0.319 e. The Kier molecular flexibility index (Phi) is 4.94. The predicted molar refractivity (Wildman–Crippen MR) is 84.2 cm³/mol. The molecule has 0 aliphatic heterocycles. The van der Waals surface area contributed by atoms with Crippen molar-refractivity contribution in [2.24, 2.45) is 0 Å². The molecule has 2 rings (SSSR count). The summed E-state index contributed by atoms with van der Waals surface area (Å²) in [6.07, 6.45) is 5.16. The van der Waals surface area contributed by atoms with Gasteiger partial charge in [0.05, 0.1) is 6.10 Å². The number of thioether (sulfide) groups is 1. The Hall–Kier alpha value is -1.20. The minimum atomic E-state index is -0.533. The quantitative estimate of drug-likeness (QED) is 0.782. The molecular formula is C15H22N2O2S. The number of rotatable bonds is 5. The van der Waals surface area contributed by atoms with Gasteiger partial charge in [-0.1, -0.05) is 18.6 Å². The highest BCUT2D eigenvalue weighted by atomic mass is 32.2. The van der Waals surface area contributed by atoms with Gasteiger partial charge in [0, 0.05) is 17.0 Å². The molecule has 110 valence electrons. The third-order valence-electron chi connectivity index (χ3n) is 3.90. The fourth-order valence-corrected chi connectivity index (χ4v) is 3.23. The van der Waals surface area contributed by atoms with Gasteiger partial charge < -0.3 is 15.7 Å². The molecule has 20 heavy (non-hydrogen) atoms. The van der Waals surface area contributed by atoms with Crippen LogP contribution in [0, 0.1) is 0 Å². The second kappa shape index (κ2) is 6.50. The third-order valence-corrected chi connectivity index (χ3v) is 5.31. The van der Waals surface area contributed by atoms with Crippen molar-refractivity contribution in [3.63, 3.8) is 0 Å². The van der Waals surface area contributed by atoms with E-state index in [0.717, 1.165) is 5.56 Å². The molecule has 1 atom stereocenters. The van der Waals surface area contributed by atoms with E-state index in [4.69, 9.17) is 0 Å². The van der Waals surface area contributed by atoms with Crippen LogP contribution in [-0.4, -0.2) is 28.7 Å². The summed E-state index contributed by atoms with van der Waals surface area (Å²) in [6, 6.07) is 7.09. The van der Waals surface area contributed by atoms with Gasteiger partial charge in [-0.3, -0.25) is 0 Å². The molecule has 0 spiro atoms. The molecule has 0 radical (unpaired) electrons. The maximum atomic E-state index is 11.9. The summed E-state index contributed by atoms with van der Waals surface area (Å²) in [6.45, 7) is 2.41. The van der Waals surface area contributed by atoms with Gasteiger partial charge in [-0.25, -0.2) is 4.79 Å². The zero-order valence-electron chi connectivity index (χ0n) is 12.0. The number of urea groups is 1. The van der Waals surface area contributed by atoms with Crippen molar-refractivity contribution in [3.05, 3.63) is 29.8 Å². The summed E-state index contributed by atoms with van der Waals surface area (Å²) >= 11 is 1.84. The normalized spacial score (nSPS) is 17.9. The van der Waals surface area contributed by atoms with Gasteiger partial charge in [0.25, 0.3) is 0 Å². The third kappa shape index (κ3) is 3.67. The Morgan fingerprint density at radius 3 is 2.80 bits per heavy atom.